The first-order chi connectivity index (χ1) is 3.63. The summed E-state index contributed by atoms with van der Waals surface area (Å²) in [6, 6.07) is 0. The second-order valence-corrected chi connectivity index (χ2v) is 2.14. The van der Waals surface area contributed by atoms with Gasteiger partial charge in [0.2, 0.25) is 0 Å². The molecule has 0 amide bonds. The van der Waals surface area contributed by atoms with Gasteiger partial charge in [0.15, 0.2) is 0 Å². The van der Waals surface area contributed by atoms with Gasteiger partial charge in [-0.05, 0) is 20.8 Å². The highest BCUT2D eigenvalue weighted by Gasteiger charge is 1.88. The molecule has 0 spiro atoms. The zero-order chi connectivity index (χ0) is 6.57. The maximum absolute atomic E-state index is 8.69. The molecule has 0 aliphatic rings. The molecule has 0 fully saturated rings. The van der Waals surface area contributed by atoms with E-state index in [9.17, 15) is 0 Å². The summed E-state index contributed by atoms with van der Waals surface area (Å²) in [7, 11) is 0. The Morgan fingerprint density at radius 1 is 1.62 bits per heavy atom. The molecule has 2 nitrogen and oxygen atoms in total. The topological polar surface area (TPSA) is 32.6 Å². The molecule has 0 aromatic carbocycles. The van der Waals surface area contributed by atoms with Crippen LogP contribution < -0.4 is 0 Å². The summed E-state index contributed by atoms with van der Waals surface area (Å²) >= 11 is 0. The van der Waals surface area contributed by atoms with Crippen LogP contribution >= 0.6 is 0 Å². The Morgan fingerprint density at radius 3 is 2.25 bits per heavy atom. The molecule has 0 aliphatic heterocycles. The van der Waals surface area contributed by atoms with Gasteiger partial charge in [0.1, 0.15) is 0 Å². The van der Waals surface area contributed by atoms with E-state index in [2.05, 4.69) is 4.99 Å². The van der Waals surface area contributed by atoms with Crippen LogP contribution in [0.2, 0.25) is 0 Å². The van der Waals surface area contributed by atoms with Gasteiger partial charge >= 0.3 is 0 Å². The third-order valence-electron chi connectivity index (χ3n) is 0.672. The number of aliphatic hydroxyl groups is 1. The van der Waals surface area contributed by atoms with Crippen molar-refractivity contribution in [3.8, 4) is 0 Å². The van der Waals surface area contributed by atoms with Crippen LogP contribution in [-0.4, -0.2) is 23.5 Å². The molecule has 8 heavy (non-hydrogen) atoms. The minimum absolute atomic E-state index is 0.301. The number of rotatable bonds is 2. The smallest absolute Gasteiger partial charge is 0.0707 e. The summed E-state index contributed by atoms with van der Waals surface area (Å²) < 4.78 is 0. The summed E-state index contributed by atoms with van der Waals surface area (Å²) in [6.07, 6.45) is -0.301. The van der Waals surface area contributed by atoms with E-state index in [0.29, 0.717) is 6.54 Å². The van der Waals surface area contributed by atoms with E-state index >= 15 is 0 Å². The Balaban J connectivity index is 3.29. The second-order valence-electron chi connectivity index (χ2n) is 2.14. The van der Waals surface area contributed by atoms with Gasteiger partial charge in [0, 0.05) is 5.71 Å². The molecule has 0 aromatic rings. The van der Waals surface area contributed by atoms with Crippen LogP contribution in [0.3, 0.4) is 0 Å². The van der Waals surface area contributed by atoms with Crippen molar-refractivity contribution in [2.75, 3.05) is 6.54 Å². The van der Waals surface area contributed by atoms with Crippen molar-refractivity contribution < 1.29 is 5.11 Å². The van der Waals surface area contributed by atoms with Gasteiger partial charge < -0.3 is 5.11 Å². The Morgan fingerprint density at radius 2 is 2.12 bits per heavy atom. The van der Waals surface area contributed by atoms with Crippen LogP contribution in [0.15, 0.2) is 4.99 Å². The van der Waals surface area contributed by atoms with Crippen LogP contribution in [0.25, 0.3) is 0 Å². The number of nitrogens with zero attached hydrogens (tertiary/aromatic N) is 1. The van der Waals surface area contributed by atoms with Crippen molar-refractivity contribution in [2.45, 2.75) is 26.9 Å². The molecular weight excluding hydrogens is 102 g/mol. The largest absolute Gasteiger partial charge is 0.391 e. The average molecular weight is 115 g/mol. The minimum Gasteiger partial charge on any atom is -0.391 e. The predicted molar refractivity (Wildman–Crippen MR) is 35.3 cm³/mol. The van der Waals surface area contributed by atoms with Gasteiger partial charge in [-0.1, -0.05) is 0 Å². The lowest BCUT2D eigenvalue weighted by atomic mass is 10.4. The van der Waals surface area contributed by atoms with Crippen LogP contribution in [0, 0.1) is 0 Å². The minimum atomic E-state index is -0.301. The normalized spacial score (nSPS) is 13.0. The number of aliphatic hydroxyl groups excluding tert-OH is 1. The molecule has 1 atom stereocenters. The summed E-state index contributed by atoms with van der Waals surface area (Å²) in [6.45, 7) is 6.10. The van der Waals surface area contributed by atoms with Crippen LogP contribution in [0.1, 0.15) is 20.8 Å². The van der Waals surface area contributed by atoms with E-state index in [0.717, 1.165) is 5.71 Å². The van der Waals surface area contributed by atoms with Crippen LogP contribution in [-0.2, 0) is 0 Å². The maximum atomic E-state index is 8.69. The molecule has 0 heterocycles. The van der Waals surface area contributed by atoms with E-state index in [1.807, 2.05) is 13.8 Å². The van der Waals surface area contributed by atoms with Crippen molar-refractivity contribution in [1.82, 2.24) is 0 Å². The first kappa shape index (κ1) is 7.63. The van der Waals surface area contributed by atoms with E-state index in [1.54, 1.807) is 6.92 Å². The quantitative estimate of drug-likeness (QED) is 0.531. The van der Waals surface area contributed by atoms with Crippen LogP contribution in [0.4, 0.5) is 0 Å². The highest BCUT2D eigenvalue weighted by atomic mass is 16.3. The van der Waals surface area contributed by atoms with E-state index in [1.165, 1.54) is 0 Å². The lowest BCUT2D eigenvalue weighted by molar-refractivity contribution is 0.204. The molecule has 0 rings (SSSR count). The molecule has 0 saturated heterocycles. The second kappa shape index (κ2) is 3.61. The molecule has 2 heteroatoms. The summed E-state index contributed by atoms with van der Waals surface area (Å²) in [4.78, 5) is 3.99. The Labute approximate surface area is 50.3 Å². The van der Waals surface area contributed by atoms with Gasteiger partial charge in [-0.25, -0.2) is 0 Å². The van der Waals surface area contributed by atoms with Gasteiger partial charge in [0.25, 0.3) is 0 Å². The van der Waals surface area contributed by atoms with Crippen molar-refractivity contribution >= 4 is 5.71 Å². The lowest BCUT2D eigenvalue weighted by Gasteiger charge is -1.96. The third kappa shape index (κ3) is 5.63. The molecule has 0 bridgehead atoms. The van der Waals surface area contributed by atoms with Crippen molar-refractivity contribution in [1.29, 1.82) is 0 Å². The zero-order valence-corrected chi connectivity index (χ0v) is 5.68. The molecular formula is C6H13NO. The predicted octanol–water partition coefficient (Wildman–Crippen LogP) is 0.848. The molecule has 0 saturated carbocycles. The monoisotopic (exact) mass is 115 g/mol. The SMILES string of the molecule is CC(C)=NCC(C)O. The fourth-order valence-electron chi connectivity index (χ4n) is 0.315. The van der Waals surface area contributed by atoms with Crippen LogP contribution in [0.5, 0.6) is 0 Å². The van der Waals surface area contributed by atoms with E-state index in [4.69, 9.17) is 5.11 Å². The van der Waals surface area contributed by atoms with Gasteiger partial charge in [0.05, 0.1) is 12.6 Å². The zero-order valence-electron chi connectivity index (χ0n) is 5.68. The van der Waals surface area contributed by atoms with Gasteiger partial charge in [-0.15, -0.1) is 0 Å². The van der Waals surface area contributed by atoms with Crippen molar-refractivity contribution in [3.05, 3.63) is 0 Å². The molecule has 1 unspecified atom stereocenters. The van der Waals surface area contributed by atoms with Crippen molar-refractivity contribution in [3.63, 3.8) is 0 Å². The highest BCUT2D eigenvalue weighted by Crippen LogP contribution is 1.81. The fraction of sp³-hybridized carbons (Fsp3) is 0.833. The standard InChI is InChI=1S/C6H13NO/c1-5(2)7-4-6(3)8/h6,8H,4H2,1-3H3. The average Bonchev–Trinajstić information content (AvgIpc) is 1.61. The number of hydrogen-bond donors (Lipinski definition) is 1. The Bertz CT molecular complexity index is 82.5. The Hall–Kier alpha value is -0.370. The molecule has 0 aromatic heterocycles. The Kier molecular flexibility index (Phi) is 3.44. The van der Waals surface area contributed by atoms with E-state index < -0.39 is 0 Å². The first-order valence-corrected chi connectivity index (χ1v) is 2.78. The molecule has 1 N–H and O–H groups in total. The first-order valence-electron chi connectivity index (χ1n) is 2.78. The van der Waals surface area contributed by atoms with Gasteiger partial charge in [-0.3, -0.25) is 4.99 Å². The molecule has 0 aliphatic carbocycles. The van der Waals surface area contributed by atoms with Gasteiger partial charge in [-0.2, -0.15) is 0 Å². The maximum Gasteiger partial charge on any atom is 0.0707 e. The third-order valence-corrected chi connectivity index (χ3v) is 0.672. The molecule has 48 valence electrons. The fourth-order valence-corrected chi connectivity index (χ4v) is 0.315. The van der Waals surface area contributed by atoms with E-state index in [-0.39, 0.29) is 6.10 Å². The summed E-state index contributed by atoms with van der Waals surface area (Å²) in [5.74, 6) is 0. The summed E-state index contributed by atoms with van der Waals surface area (Å²) in [5.41, 5.74) is 1.02. The van der Waals surface area contributed by atoms with Crippen molar-refractivity contribution in [2.24, 2.45) is 4.99 Å². The number of aliphatic imine (C=N–C) groups is 1. The number of hydrogen-bond acceptors (Lipinski definition) is 2. The molecule has 0 radical (unpaired) electrons. The summed E-state index contributed by atoms with van der Waals surface area (Å²) in [5, 5.41) is 8.69. The highest BCUT2D eigenvalue weighted by molar-refractivity contribution is 5.79. The lowest BCUT2D eigenvalue weighted by Crippen LogP contribution is -2.04.